The van der Waals surface area contributed by atoms with E-state index in [4.69, 9.17) is 5.73 Å². The van der Waals surface area contributed by atoms with Gasteiger partial charge in [0.2, 0.25) is 0 Å². The van der Waals surface area contributed by atoms with Gasteiger partial charge in [0.05, 0.1) is 6.04 Å². The summed E-state index contributed by atoms with van der Waals surface area (Å²) in [5.41, 5.74) is 7.35. The van der Waals surface area contributed by atoms with Crippen molar-refractivity contribution in [3.8, 4) is 0 Å². The minimum absolute atomic E-state index is 0.354. The minimum Gasteiger partial charge on any atom is -0.370 e. The zero-order chi connectivity index (χ0) is 13.2. The number of aliphatic imine (C=N–C) groups is 1. The smallest absolute Gasteiger partial charge is 0.189 e. The van der Waals surface area contributed by atoms with Crippen LogP contribution < -0.4 is 11.1 Å². The zero-order valence-electron chi connectivity index (χ0n) is 11.0. The molecular formula is C15H20BrN3. The van der Waals surface area contributed by atoms with Crippen LogP contribution in [0.15, 0.2) is 33.7 Å². The Kier molecular flexibility index (Phi) is 3.78. The van der Waals surface area contributed by atoms with E-state index < -0.39 is 0 Å². The zero-order valence-corrected chi connectivity index (χ0v) is 12.6. The van der Waals surface area contributed by atoms with Gasteiger partial charge in [-0.25, -0.2) is 4.99 Å². The summed E-state index contributed by atoms with van der Waals surface area (Å²) in [4.78, 5) is 4.61. The van der Waals surface area contributed by atoms with Crippen molar-refractivity contribution >= 4 is 21.9 Å². The molecule has 2 aliphatic carbocycles. The van der Waals surface area contributed by atoms with Gasteiger partial charge in [0, 0.05) is 16.4 Å². The molecule has 0 saturated heterocycles. The summed E-state index contributed by atoms with van der Waals surface area (Å²) in [5, 5.41) is 3.35. The third-order valence-corrected chi connectivity index (χ3v) is 4.80. The van der Waals surface area contributed by atoms with Gasteiger partial charge in [-0.3, -0.25) is 0 Å². The number of guanidine groups is 1. The van der Waals surface area contributed by atoms with Gasteiger partial charge in [0.25, 0.3) is 0 Å². The number of hydrogen-bond acceptors (Lipinski definition) is 1. The largest absolute Gasteiger partial charge is 0.370 e. The molecule has 2 aliphatic rings. The topological polar surface area (TPSA) is 50.4 Å². The van der Waals surface area contributed by atoms with Crippen LogP contribution in [-0.2, 0) is 0 Å². The van der Waals surface area contributed by atoms with Crippen molar-refractivity contribution in [2.45, 2.75) is 50.1 Å². The van der Waals surface area contributed by atoms with E-state index in [2.05, 4.69) is 44.4 Å². The van der Waals surface area contributed by atoms with E-state index >= 15 is 0 Å². The van der Waals surface area contributed by atoms with Crippen LogP contribution in [0.25, 0.3) is 0 Å². The standard InChI is InChI=1S/C15H20BrN3/c16-13-8-4-3-7-11(13)12-9-14(12)19-15(17)18-10-5-1-2-6-10/h3-4,7-8,10,12,14H,1-2,5-6,9H2,(H3,17,18,19)/t12-,14+/m0/s1. The number of benzene rings is 1. The third-order valence-electron chi connectivity index (χ3n) is 4.07. The lowest BCUT2D eigenvalue weighted by Crippen LogP contribution is -2.38. The van der Waals surface area contributed by atoms with Gasteiger partial charge in [-0.2, -0.15) is 0 Å². The second kappa shape index (κ2) is 5.53. The molecule has 0 aromatic heterocycles. The van der Waals surface area contributed by atoms with E-state index in [0.717, 1.165) is 6.42 Å². The fraction of sp³-hybridized carbons (Fsp3) is 0.533. The van der Waals surface area contributed by atoms with E-state index in [-0.39, 0.29) is 0 Å². The second-order valence-corrected chi connectivity index (χ2v) is 6.43. The maximum absolute atomic E-state index is 6.00. The number of halogens is 1. The molecule has 0 unspecified atom stereocenters. The Bertz CT molecular complexity index is 480. The molecule has 0 heterocycles. The van der Waals surface area contributed by atoms with E-state index in [1.165, 1.54) is 35.7 Å². The molecule has 19 heavy (non-hydrogen) atoms. The number of nitrogens with one attached hydrogen (secondary N) is 1. The Hall–Kier alpha value is -1.03. The monoisotopic (exact) mass is 321 g/mol. The molecule has 0 amide bonds. The third kappa shape index (κ3) is 3.11. The first-order chi connectivity index (χ1) is 9.24. The van der Waals surface area contributed by atoms with Crippen LogP contribution in [0, 0.1) is 0 Å². The van der Waals surface area contributed by atoms with E-state index in [1.54, 1.807) is 0 Å². The quantitative estimate of drug-likeness (QED) is 0.663. The van der Waals surface area contributed by atoms with Gasteiger partial charge in [0.1, 0.15) is 0 Å². The fourth-order valence-electron chi connectivity index (χ4n) is 2.93. The highest BCUT2D eigenvalue weighted by atomic mass is 79.9. The summed E-state index contributed by atoms with van der Waals surface area (Å²) in [6, 6.07) is 9.29. The molecule has 2 saturated carbocycles. The summed E-state index contributed by atoms with van der Waals surface area (Å²) in [5.74, 6) is 1.16. The number of nitrogens with two attached hydrogens (primary N) is 1. The van der Waals surface area contributed by atoms with Crippen molar-refractivity contribution in [3.63, 3.8) is 0 Å². The molecular weight excluding hydrogens is 302 g/mol. The molecule has 4 heteroatoms. The molecule has 102 valence electrons. The Morgan fingerprint density at radius 1 is 1.26 bits per heavy atom. The van der Waals surface area contributed by atoms with E-state index in [0.29, 0.717) is 24.0 Å². The highest BCUT2D eigenvalue weighted by Gasteiger charge is 2.39. The van der Waals surface area contributed by atoms with Crippen LogP contribution >= 0.6 is 15.9 Å². The number of nitrogens with zero attached hydrogens (tertiary/aromatic N) is 1. The molecule has 1 aromatic rings. The van der Waals surface area contributed by atoms with Crippen molar-refractivity contribution in [1.29, 1.82) is 0 Å². The van der Waals surface area contributed by atoms with Crippen LogP contribution in [0.2, 0.25) is 0 Å². The summed E-state index contributed by atoms with van der Waals surface area (Å²) in [6.07, 6.45) is 6.20. The first-order valence-corrected chi connectivity index (χ1v) is 7.87. The van der Waals surface area contributed by atoms with Crippen LogP contribution in [0.4, 0.5) is 0 Å². The average molecular weight is 322 g/mol. The maximum atomic E-state index is 6.00. The summed E-state index contributed by atoms with van der Waals surface area (Å²) in [7, 11) is 0. The van der Waals surface area contributed by atoms with Crippen molar-refractivity contribution in [2.24, 2.45) is 10.7 Å². The molecule has 0 radical (unpaired) electrons. The van der Waals surface area contributed by atoms with Crippen LogP contribution in [0.5, 0.6) is 0 Å². The van der Waals surface area contributed by atoms with Crippen molar-refractivity contribution in [3.05, 3.63) is 34.3 Å². The lowest BCUT2D eigenvalue weighted by Gasteiger charge is -2.12. The minimum atomic E-state index is 0.354. The van der Waals surface area contributed by atoms with Gasteiger partial charge in [0.15, 0.2) is 5.96 Å². The molecule has 0 aliphatic heterocycles. The highest BCUT2D eigenvalue weighted by molar-refractivity contribution is 9.10. The normalized spacial score (nSPS) is 27.5. The molecule has 3 rings (SSSR count). The number of rotatable bonds is 3. The summed E-state index contributed by atoms with van der Waals surface area (Å²) in [6.45, 7) is 0. The van der Waals surface area contributed by atoms with Crippen LogP contribution in [-0.4, -0.2) is 18.0 Å². The van der Waals surface area contributed by atoms with E-state index in [9.17, 15) is 0 Å². The molecule has 3 nitrogen and oxygen atoms in total. The van der Waals surface area contributed by atoms with Crippen LogP contribution in [0.3, 0.4) is 0 Å². The maximum Gasteiger partial charge on any atom is 0.189 e. The predicted octanol–water partition coefficient (Wildman–Crippen LogP) is 3.15. The van der Waals surface area contributed by atoms with Gasteiger partial charge < -0.3 is 11.1 Å². The molecule has 0 spiro atoms. The Balaban J connectivity index is 1.59. The van der Waals surface area contributed by atoms with Crippen LogP contribution in [0.1, 0.15) is 43.6 Å². The average Bonchev–Trinajstić information content (AvgIpc) is 2.94. The van der Waals surface area contributed by atoms with E-state index in [1.807, 2.05) is 6.07 Å². The first kappa shape index (κ1) is 13.0. The molecule has 1 aromatic carbocycles. The van der Waals surface area contributed by atoms with Crippen molar-refractivity contribution in [1.82, 2.24) is 5.32 Å². The predicted molar refractivity (Wildman–Crippen MR) is 82.3 cm³/mol. The Morgan fingerprint density at radius 3 is 2.74 bits per heavy atom. The molecule has 3 N–H and O–H groups in total. The Morgan fingerprint density at radius 2 is 2.00 bits per heavy atom. The molecule has 2 fully saturated rings. The number of hydrogen-bond donors (Lipinski definition) is 2. The Labute approximate surface area is 122 Å². The van der Waals surface area contributed by atoms with Gasteiger partial charge in [-0.15, -0.1) is 0 Å². The SMILES string of the molecule is NC(=N[C@@H]1C[C@H]1c1ccccc1Br)NC1CCCC1. The summed E-state index contributed by atoms with van der Waals surface area (Å²) < 4.78 is 1.18. The highest BCUT2D eigenvalue weighted by Crippen LogP contribution is 2.45. The molecule has 0 bridgehead atoms. The summed E-state index contributed by atoms with van der Waals surface area (Å²) >= 11 is 3.61. The lowest BCUT2D eigenvalue weighted by atomic mass is 10.1. The second-order valence-electron chi connectivity index (χ2n) is 5.57. The van der Waals surface area contributed by atoms with Gasteiger partial charge in [-0.1, -0.05) is 47.0 Å². The van der Waals surface area contributed by atoms with Crippen molar-refractivity contribution < 1.29 is 0 Å². The van der Waals surface area contributed by atoms with Crippen molar-refractivity contribution in [2.75, 3.05) is 0 Å². The van der Waals surface area contributed by atoms with Gasteiger partial charge >= 0.3 is 0 Å². The fourth-order valence-corrected chi connectivity index (χ4v) is 3.51. The molecule has 2 atom stereocenters. The first-order valence-electron chi connectivity index (χ1n) is 7.08. The van der Waals surface area contributed by atoms with Gasteiger partial charge in [-0.05, 0) is 30.9 Å². The lowest BCUT2D eigenvalue weighted by molar-refractivity contribution is 0.625.